The molecule has 0 aliphatic heterocycles. The highest BCUT2D eigenvalue weighted by Crippen LogP contribution is 2.31. The van der Waals surface area contributed by atoms with Crippen LogP contribution in [0.4, 0.5) is 4.79 Å². The Balaban J connectivity index is 2.61. The van der Waals surface area contributed by atoms with Gasteiger partial charge in [-0.1, -0.05) is 25.4 Å². The van der Waals surface area contributed by atoms with Gasteiger partial charge in [0.1, 0.15) is 5.75 Å². The lowest BCUT2D eigenvalue weighted by atomic mass is 10.0. The summed E-state index contributed by atoms with van der Waals surface area (Å²) in [6.07, 6.45) is 0. The monoisotopic (exact) mass is 342 g/mol. The third-order valence-electron chi connectivity index (χ3n) is 2.89. The highest BCUT2D eigenvalue weighted by atomic mass is 35.5. The highest BCUT2D eigenvalue weighted by Gasteiger charge is 2.14. The number of ether oxygens (including phenoxy) is 2. The molecule has 0 radical (unpaired) electrons. The van der Waals surface area contributed by atoms with Crippen LogP contribution < -0.4 is 15.8 Å². The maximum Gasteiger partial charge on any atom is 0.344 e. The van der Waals surface area contributed by atoms with Crippen LogP contribution in [0.15, 0.2) is 12.1 Å². The minimum atomic E-state index is -1.01. The van der Waals surface area contributed by atoms with Crippen LogP contribution in [0, 0.1) is 6.92 Å². The van der Waals surface area contributed by atoms with Crippen molar-refractivity contribution in [2.45, 2.75) is 26.7 Å². The van der Waals surface area contributed by atoms with Gasteiger partial charge in [0.25, 0.3) is 5.91 Å². The lowest BCUT2D eigenvalue weighted by Gasteiger charge is -2.15. The number of hydrogen-bond donors (Lipinski definition) is 2. The number of imide groups is 1. The minimum Gasteiger partial charge on any atom is -0.482 e. The van der Waals surface area contributed by atoms with E-state index in [9.17, 15) is 14.4 Å². The summed E-state index contributed by atoms with van der Waals surface area (Å²) < 4.78 is 10.1. The van der Waals surface area contributed by atoms with E-state index in [2.05, 4.69) is 4.74 Å². The SMILES string of the molecule is Cc1cc(OCC(=O)OCC(=O)NC(N)=O)c(C(C)C)cc1Cl. The topological polar surface area (TPSA) is 108 Å². The van der Waals surface area contributed by atoms with E-state index in [0.29, 0.717) is 10.8 Å². The molecule has 1 aromatic rings. The smallest absolute Gasteiger partial charge is 0.344 e. The first kappa shape index (κ1) is 18.8. The van der Waals surface area contributed by atoms with Gasteiger partial charge in [-0.25, -0.2) is 9.59 Å². The molecule has 8 heteroatoms. The Bertz CT molecular complexity index is 616. The first-order valence-electron chi connectivity index (χ1n) is 6.88. The minimum absolute atomic E-state index is 0.153. The molecule has 0 unspecified atom stereocenters. The number of nitrogens with one attached hydrogen (secondary N) is 1. The van der Waals surface area contributed by atoms with Crippen LogP contribution in [0.5, 0.6) is 5.75 Å². The predicted octanol–water partition coefficient (Wildman–Crippen LogP) is 1.89. The van der Waals surface area contributed by atoms with Crippen molar-refractivity contribution in [2.75, 3.05) is 13.2 Å². The molecule has 0 fully saturated rings. The summed E-state index contributed by atoms with van der Waals surface area (Å²) in [4.78, 5) is 33.1. The van der Waals surface area contributed by atoms with Gasteiger partial charge in [0.2, 0.25) is 0 Å². The first-order chi connectivity index (χ1) is 10.7. The second kappa shape index (κ2) is 8.38. The Morgan fingerprint density at radius 3 is 2.48 bits per heavy atom. The summed E-state index contributed by atoms with van der Waals surface area (Å²) in [5.74, 6) is -0.871. The number of carbonyl (C=O) groups is 3. The normalized spacial score (nSPS) is 10.3. The molecule has 1 aromatic carbocycles. The average Bonchev–Trinajstić information content (AvgIpc) is 2.44. The van der Waals surface area contributed by atoms with E-state index in [0.717, 1.165) is 11.1 Å². The quantitative estimate of drug-likeness (QED) is 0.767. The van der Waals surface area contributed by atoms with Gasteiger partial charge in [-0.3, -0.25) is 10.1 Å². The number of hydrogen-bond acceptors (Lipinski definition) is 5. The largest absolute Gasteiger partial charge is 0.482 e. The summed E-state index contributed by atoms with van der Waals surface area (Å²) in [5, 5.41) is 2.39. The van der Waals surface area contributed by atoms with Crippen molar-refractivity contribution < 1.29 is 23.9 Å². The lowest BCUT2D eigenvalue weighted by Crippen LogP contribution is -2.38. The third-order valence-corrected chi connectivity index (χ3v) is 3.29. The fourth-order valence-electron chi connectivity index (χ4n) is 1.74. The van der Waals surface area contributed by atoms with Crippen LogP contribution in [-0.4, -0.2) is 31.1 Å². The van der Waals surface area contributed by atoms with Crippen molar-refractivity contribution in [3.8, 4) is 5.75 Å². The standard InChI is InChI=1S/C15H19ClN2O5/c1-8(2)10-5-11(16)9(3)4-12(10)22-7-14(20)23-6-13(19)18-15(17)21/h4-5,8H,6-7H2,1-3H3,(H3,17,18,19,21). The number of primary amides is 1. The second-order valence-corrected chi connectivity index (χ2v) is 5.56. The maximum atomic E-state index is 11.6. The summed E-state index contributed by atoms with van der Waals surface area (Å²) in [6.45, 7) is 4.79. The first-order valence-corrected chi connectivity index (χ1v) is 7.26. The average molecular weight is 343 g/mol. The number of urea groups is 1. The van der Waals surface area contributed by atoms with Gasteiger partial charge in [0.15, 0.2) is 13.2 Å². The Kier molecular flexibility index (Phi) is 6.84. The van der Waals surface area contributed by atoms with Crippen molar-refractivity contribution in [3.63, 3.8) is 0 Å². The van der Waals surface area contributed by atoms with E-state index in [1.165, 1.54) is 0 Å². The summed E-state index contributed by atoms with van der Waals surface area (Å²) in [6, 6.07) is 2.52. The van der Waals surface area contributed by atoms with Crippen molar-refractivity contribution in [1.29, 1.82) is 0 Å². The van der Waals surface area contributed by atoms with Crippen molar-refractivity contribution in [2.24, 2.45) is 5.73 Å². The maximum absolute atomic E-state index is 11.6. The zero-order valence-electron chi connectivity index (χ0n) is 13.1. The molecule has 0 aliphatic rings. The number of amides is 3. The second-order valence-electron chi connectivity index (χ2n) is 5.16. The Labute approximate surface area is 139 Å². The number of esters is 1. The van der Waals surface area contributed by atoms with Crippen LogP contribution >= 0.6 is 11.6 Å². The predicted molar refractivity (Wildman–Crippen MR) is 84.5 cm³/mol. The molecule has 0 heterocycles. The Morgan fingerprint density at radius 1 is 1.26 bits per heavy atom. The molecule has 3 amide bonds. The zero-order chi connectivity index (χ0) is 17.6. The van der Waals surface area contributed by atoms with E-state index < -0.39 is 24.5 Å². The zero-order valence-corrected chi connectivity index (χ0v) is 13.9. The Morgan fingerprint density at radius 2 is 1.91 bits per heavy atom. The number of nitrogens with two attached hydrogens (primary N) is 1. The number of rotatable bonds is 6. The van der Waals surface area contributed by atoms with Gasteiger partial charge in [-0.05, 0) is 36.1 Å². The van der Waals surface area contributed by atoms with Gasteiger partial charge in [0.05, 0.1) is 0 Å². The third kappa shape index (κ3) is 6.15. The fourth-order valence-corrected chi connectivity index (χ4v) is 1.92. The summed E-state index contributed by atoms with van der Waals surface area (Å²) in [7, 11) is 0. The van der Waals surface area contributed by atoms with Gasteiger partial charge in [-0.15, -0.1) is 0 Å². The molecule has 126 valence electrons. The molecular formula is C15H19ClN2O5. The lowest BCUT2D eigenvalue weighted by molar-refractivity contribution is -0.150. The molecule has 3 N–H and O–H groups in total. The Hall–Kier alpha value is -2.28. The van der Waals surface area contributed by atoms with Crippen LogP contribution in [0.25, 0.3) is 0 Å². The molecule has 0 aromatic heterocycles. The van der Waals surface area contributed by atoms with E-state index in [-0.39, 0.29) is 12.5 Å². The molecular weight excluding hydrogens is 324 g/mol. The number of carbonyl (C=O) groups excluding carboxylic acids is 3. The van der Waals surface area contributed by atoms with Gasteiger partial charge in [0, 0.05) is 5.02 Å². The van der Waals surface area contributed by atoms with E-state index >= 15 is 0 Å². The van der Waals surface area contributed by atoms with Crippen LogP contribution in [-0.2, 0) is 14.3 Å². The van der Waals surface area contributed by atoms with Crippen molar-refractivity contribution in [3.05, 3.63) is 28.3 Å². The van der Waals surface area contributed by atoms with Crippen molar-refractivity contribution in [1.82, 2.24) is 5.32 Å². The molecule has 1 rings (SSSR count). The van der Waals surface area contributed by atoms with Crippen molar-refractivity contribution >= 4 is 29.5 Å². The summed E-state index contributed by atoms with van der Waals surface area (Å²) in [5.41, 5.74) is 6.44. The molecule has 7 nitrogen and oxygen atoms in total. The summed E-state index contributed by atoms with van der Waals surface area (Å²) >= 11 is 6.09. The van der Waals surface area contributed by atoms with E-state index in [1.807, 2.05) is 20.8 Å². The van der Waals surface area contributed by atoms with Gasteiger partial charge in [-0.2, -0.15) is 0 Å². The molecule has 23 heavy (non-hydrogen) atoms. The van der Waals surface area contributed by atoms with Crippen LogP contribution in [0.2, 0.25) is 5.02 Å². The molecule has 0 aliphatic carbocycles. The van der Waals surface area contributed by atoms with Gasteiger partial charge < -0.3 is 15.2 Å². The number of aryl methyl sites for hydroxylation is 1. The van der Waals surface area contributed by atoms with Gasteiger partial charge >= 0.3 is 12.0 Å². The molecule has 0 saturated carbocycles. The molecule has 0 atom stereocenters. The highest BCUT2D eigenvalue weighted by molar-refractivity contribution is 6.31. The molecule has 0 bridgehead atoms. The van der Waals surface area contributed by atoms with Crippen LogP contribution in [0.3, 0.4) is 0 Å². The fraction of sp³-hybridized carbons (Fsp3) is 0.400. The number of benzene rings is 1. The van der Waals surface area contributed by atoms with E-state index in [4.69, 9.17) is 22.1 Å². The molecule has 0 saturated heterocycles. The molecule has 0 spiro atoms. The number of halogens is 1. The van der Waals surface area contributed by atoms with Crippen LogP contribution in [0.1, 0.15) is 30.9 Å². The van der Waals surface area contributed by atoms with E-state index in [1.54, 1.807) is 17.4 Å².